The van der Waals surface area contributed by atoms with E-state index in [1.807, 2.05) is 25.1 Å². The minimum absolute atomic E-state index is 0.0433. The van der Waals surface area contributed by atoms with Crippen LogP contribution in [0.3, 0.4) is 0 Å². The number of aliphatic carboxylic acids is 1. The fraction of sp³-hybridized carbons (Fsp3) is 0.406. The van der Waals surface area contributed by atoms with Gasteiger partial charge in [0.2, 0.25) is 0 Å². The van der Waals surface area contributed by atoms with Crippen molar-refractivity contribution >= 4 is 5.97 Å². The average Bonchev–Trinajstić information content (AvgIpc) is 2.92. The minimum Gasteiger partial charge on any atom is -0.493 e. The van der Waals surface area contributed by atoms with Crippen molar-refractivity contribution in [1.29, 1.82) is 0 Å². The van der Waals surface area contributed by atoms with Crippen molar-refractivity contribution in [3.63, 3.8) is 0 Å². The summed E-state index contributed by atoms with van der Waals surface area (Å²) in [6.07, 6.45) is 1.66. The Morgan fingerprint density at radius 2 is 1.71 bits per heavy atom. The predicted molar refractivity (Wildman–Crippen MR) is 154 cm³/mol. The van der Waals surface area contributed by atoms with Gasteiger partial charge in [-0.2, -0.15) is 0 Å². The van der Waals surface area contributed by atoms with Gasteiger partial charge < -0.3 is 24.8 Å². The number of methoxy groups -OCH3 is 1. The monoisotopic (exact) mass is 518 g/mol. The molecule has 0 fully saturated rings. The second kappa shape index (κ2) is 15.3. The van der Waals surface area contributed by atoms with Crippen LogP contribution in [0.15, 0.2) is 72.8 Å². The van der Waals surface area contributed by atoms with Crippen LogP contribution in [0.1, 0.15) is 54.8 Å². The lowest BCUT2D eigenvalue weighted by atomic mass is 9.91. The second-order valence-electron chi connectivity index (χ2n) is 9.87. The van der Waals surface area contributed by atoms with Crippen molar-refractivity contribution in [3.05, 3.63) is 89.5 Å². The summed E-state index contributed by atoms with van der Waals surface area (Å²) in [5.74, 6) is -0.0448. The molecule has 0 bridgehead atoms. The number of hydrogen-bond acceptors (Lipinski definition) is 5. The highest BCUT2D eigenvalue weighted by Gasteiger charge is 2.17. The maximum atomic E-state index is 11.4. The Bertz CT molecular complexity index is 1120. The SMILES string of the molecule is CCC(CC(=O)O)c1ccc(-c2ccc(CNCC(c3ccccc3)N(C)C)cc2)c(OCCCOC)c1. The second-order valence-corrected chi connectivity index (χ2v) is 9.87. The maximum absolute atomic E-state index is 11.4. The van der Waals surface area contributed by atoms with Gasteiger partial charge in [0.15, 0.2) is 0 Å². The third-order valence-corrected chi connectivity index (χ3v) is 6.88. The number of carboxylic acids is 1. The number of rotatable bonds is 16. The van der Waals surface area contributed by atoms with Crippen molar-refractivity contribution in [3.8, 4) is 16.9 Å². The van der Waals surface area contributed by atoms with Crippen molar-refractivity contribution in [2.24, 2.45) is 0 Å². The first-order valence-electron chi connectivity index (χ1n) is 13.4. The zero-order valence-electron chi connectivity index (χ0n) is 23.2. The predicted octanol–water partition coefficient (Wildman–Crippen LogP) is 6.13. The fourth-order valence-corrected chi connectivity index (χ4v) is 4.67. The molecule has 204 valence electrons. The van der Waals surface area contributed by atoms with Crippen LogP contribution in [0.2, 0.25) is 0 Å². The maximum Gasteiger partial charge on any atom is 0.303 e. The topological polar surface area (TPSA) is 71.0 Å². The zero-order chi connectivity index (χ0) is 27.3. The van der Waals surface area contributed by atoms with Gasteiger partial charge in [-0.05, 0) is 54.8 Å². The number of carbonyl (C=O) groups is 1. The first-order chi connectivity index (χ1) is 18.4. The number of hydrogen-bond donors (Lipinski definition) is 2. The fourth-order valence-electron chi connectivity index (χ4n) is 4.67. The van der Waals surface area contributed by atoms with Gasteiger partial charge in [0.05, 0.1) is 13.0 Å². The van der Waals surface area contributed by atoms with Crippen LogP contribution in [-0.4, -0.2) is 56.9 Å². The molecule has 3 aromatic carbocycles. The zero-order valence-corrected chi connectivity index (χ0v) is 23.2. The first-order valence-corrected chi connectivity index (χ1v) is 13.4. The third kappa shape index (κ3) is 8.69. The van der Waals surface area contributed by atoms with Gasteiger partial charge in [-0.3, -0.25) is 4.79 Å². The van der Waals surface area contributed by atoms with Gasteiger partial charge in [-0.25, -0.2) is 0 Å². The van der Waals surface area contributed by atoms with E-state index in [0.29, 0.717) is 19.3 Å². The number of carboxylic acid groups (broad SMARTS) is 1. The molecule has 0 aliphatic carbocycles. The summed E-state index contributed by atoms with van der Waals surface area (Å²) < 4.78 is 11.3. The molecule has 0 aliphatic rings. The number of nitrogens with one attached hydrogen (secondary N) is 1. The average molecular weight is 519 g/mol. The molecule has 6 nitrogen and oxygen atoms in total. The van der Waals surface area contributed by atoms with E-state index in [1.165, 1.54) is 11.1 Å². The molecule has 0 heterocycles. The van der Waals surface area contributed by atoms with E-state index < -0.39 is 5.97 Å². The molecule has 0 radical (unpaired) electrons. The molecular weight excluding hydrogens is 476 g/mol. The number of likely N-dealkylation sites (N-methyl/N-ethyl adjacent to an activating group) is 1. The number of benzene rings is 3. The summed E-state index contributed by atoms with van der Waals surface area (Å²) in [6.45, 7) is 4.83. The van der Waals surface area contributed by atoms with Crippen LogP contribution in [0.25, 0.3) is 11.1 Å². The molecule has 2 unspecified atom stereocenters. The smallest absolute Gasteiger partial charge is 0.303 e. The van der Waals surface area contributed by atoms with E-state index in [0.717, 1.165) is 48.4 Å². The molecule has 6 heteroatoms. The summed E-state index contributed by atoms with van der Waals surface area (Å²) in [5, 5.41) is 12.9. The molecule has 2 N–H and O–H groups in total. The van der Waals surface area contributed by atoms with Gasteiger partial charge in [-0.1, -0.05) is 73.7 Å². The van der Waals surface area contributed by atoms with Crippen molar-refractivity contribution < 1.29 is 19.4 Å². The van der Waals surface area contributed by atoms with Crippen molar-refractivity contribution in [2.45, 2.75) is 44.7 Å². The summed E-state index contributed by atoms with van der Waals surface area (Å²) in [6, 6.07) is 25.5. The lowest BCUT2D eigenvalue weighted by Gasteiger charge is -2.25. The number of ether oxygens (including phenoxy) is 2. The molecule has 0 amide bonds. The van der Waals surface area contributed by atoms with Gasteiger partial charge in [0.25, 0.3) is 0 Å². The number of nitrogens with zero attached hydrogens (tertiary/aromatic N) is 1. The summed E-state index contributed by atoms with van der Waals surface area (Å²) >= 11 is 0. The Hall–Kier alpha value is -3.19. The highest BCUT2D eigenvalue weighted by molar-refractivity contribution is 5.72. The van der Waals surface area contributed by atoms with E-state index in [9.17, 15) is 9.90 Å². The van der Waals surface area contributed by atoms with Crippen LogP contribution in [0.5, 0.6) is 5.75 Å². The van der Waals surface area contributed by atoms with E-state index in [4.69, 9.17) is 9.47 Å². The van der Waals surface area contributed by atoms with Crippen LogP contribution in [0.4, 0.5) is 0 Å². The van der Waals surface area contributed by atoms with E-state index >= 15 is 0 Å². The molecule has 0 aliphatic heterocycles. The van der Waals surface area contributed by atoms with Crippen LogP contribution in [0, 0.1) is 0 Å². The van der Waals surface area contributed by atoms with Gasteiger partial charge in [0, 0.05) is 44.8 Å². The highest BCUT2D eigenvalue weighted by Crippen LogP contribution is 2.35. The molecule has 3 rings (SSSR count). The van der Waals surface area contributed by atoms with Gasteiger partial charge in [0.1, 0.15) is 5.75 Å². The molecule has 3 aromatic rings. The standard InChI is InChI=1S/C32H42N2O4/c1-5-25(21-32(35)36)28-16-17-29(31(20-28)38-19-9-18-37-4)26-14-12-24(13-15-26)22-33-23-30(34(2)3)27-10-7-6-8-11-27/h6-8,10-17,20,25,30,33H,5,9,18-19,21-23H2,1-4H3,(H,35,36). The first kappa shape index (κ1) is 29.4. The highest BCUT2D eigenvalue weighted by atomic mass is 16.5. The van der Waals surface area contributed by atoms with E-state index in [-0.39, 0.29) is 12.3 Å². The van der Waals surface area contributed by atoms with Crippen molar-refractivity contribution in [1.82, 2.24) is 10.2 Å². The normalized spacial score (nSPS) is 12.9. The Morgan fingerprint density at radius 3 is 2.34 bits per heavy atom. The van der Waals surface area contributed by atoms with Crippen molar-refractivity contribution in [2.75, 3.05) is 41.0 Å². The molecule has 0 saturated heterocycles. The Balaban J connectivity index is 1.72. The van der Waals surface area contributed by atoms with Crippen LogP contribution in [-0.2, 0) is 16.1 Å². The largest absolute Gasteiger partial charge is 0.493 e. The summed E-state index contributed by atoms with van der Waals surface area (Å²) in [7, 11) is 5.90. The lowest BCUT2D eigenvalue weighted by molar-refractivity contribution is -0.137. The van der Waals surface area contributed by atoms with E-state index in [1.54, 1.807) is 7.11 Å². The lowest BCUT2D eigenvalue weighted by Crippen LogP contribution is -2.30. The third-order valence-electron chi connectivity index (χ3n) is 6.88. The Kier molecular flexibility index (Phi) is 11.8. The molecule has 38 heavy (non-hydrogen) atoms. The molecule has 0 aromatic heterocycles. The molecule has 2 atom stereocenters. The molecule has 0 saturated carbocycles. The minimum atomic E-state index is -0.784. The quantitative estimate of drug-likeness (QED) is 0.222. The summed E-state index contributed by atoms with van der Waals surface area (Å²) in [4.78, 5) is 13.6. The molecular formula is C32H42N2O4. The molecule has 0 spiro atoms. The van der Waals surface area contributed by atoms with Crippen LogP contribution >= 0.6 is 0 Å². The van der Waals surface area contributed by atoms with Gasteiger partial charge >= 0.3 is 5.97 Å². The Labute approximate surface area is 227 Å². The van der Waals surface area contributed by atoms with E-state index in [2.05, 4.69) is 78.9 Å². The van der Waals surface area contributed by atoms with Crippen LogP contribution < -0.4 is 10.1 Å². The van der Waals surface area contributed by atoms with Gasteiger partial charge in [-0.15, -0.1) is 0 Å². The Morgan fingerprint density at radius 1 is 0.974 bits per heavy atom. The summed E-state index contributed by atoms with van der Waals surface area (Å²) in [5.41, 5.74) is 5.59.